The predicted octanol–water partition coefficient (Wildman–Crippen LogP) is 2.41. The van der Waals surface area contributed by atoms with Crippen molar-refractivity contribution in [1.82, 2.24) is 10.2 Å². The van der Waals surface area contributed by atoms with Gasteiger partial charge in [-0.15, -0.1) is 0 Å². The van der Waals surface area contributed by atoms with Gasteiger partial charge in [0, 0.05) is 6.04 Å². The van der Waals surface area contributed by atoms with Gasteiger partial charge < -0.3 is 10.2 Å². The van der Waals surface area contributed by atoms with Crippen LogP contribution in [0.1, 0.15) is 51.1 Å². The minimum atomic E-state index is -0.766. The van der Waals surface area contributed by atoms with Crippen LogP contribution >= 0.6 is 0 Å². The van der Waals surface area contributed by atoms with Crippen LogP contribution in [0.5, 0.6) is 0 Å². The number of rotatable bonds is 2. The fraction of sp³-hybridized carbons (Fsp3) is 0.529. The molecule has 1 aliphatic heterocycles. The van der Waals surface area contributed by atoms with Gasteiger partial charge in [0.05, 0.1) is 0 Å². The third kappa shape index (κ3) is 2.33. The molecular formula is C17H22N2O2. The first kappa shape index (κ1) is 14.1. The molecule has 0 bridgehead atoms. The summed E-state index contributed by atoms with van der Waals surface area (Å²) < 4.78 is 0. The van der Waals surface area contributed by atoms with Crippen molar-refractivity contribution in [2.24, 2.45) is 0 Å². The Balaban J connectivity index is 1.96. The first-order valence-corrected chi connectivity index (χ1v) is 7.71. The van der Waals surface area contributed by atoms with Gasteiger partial charge in [0.2, 0.25) is 5.91 Å². The number of nitrogens with one attached hydrogen (secondary N) is 1. The van der Waals surface area contributed by atoms with Gasteiger partial charge in [-0.1, -0.05) is 43.2 Å². The molecule has 1 aromatic carbocycles. The summed E-state index contributed by atoms with van der Waals surface area (Å²) in [6, 6.07) is 9.15. The SMILES string of the molecule is CC1(C)C(=O)NC(c2ccccc2)C(=O)N1C1CCCC1. The van der Waals surface area contributed by atoms with Gasteiger partial charge in [0.25, 0.3) is 5.91 Å². The first-order chi connectivity index (χ1) is 10.0. The van der Waals surface area contributed by atoms with E-state index in [4.69, 9.17) is 0 Å². The number of piperazine rings is 1. The van der Waals surface area contributed by atoms with Gasteiger partial charge in [-0.25, -0.2) is 0 Å². The fourth-order valence-corrected chi connectivity index (χ4v) is 3.56. The van der Waals surface area contributed by atoms with Gasteiger partial charge >= 0.3 is 0 Å². The van der Waals surface area contributed by atoms with E-state index in [-0.39, 0.29) is 17.9 Å². The van der Waals surface area contributed by atoms with E-state index in [1.807, 2.05) is 49.1 Å². The normalized spacial score (nSPS) is 26.0. The number of carbonyl (C=O) groups excluding carboxylic acids is 2. The zero-order chi connectivity index (χ0) is 15.0. The number of hydrogen-bond donors (Lipinski definition) is 1. The molecule has 4 nitrogen and oxygen atoms in total. The second kappa shape index (κ2) is 5.17. The molecule has 3 rings (SSSR count). The molecule has 1 unspecified atom stereocenters. The summed E-state index contributed by atoms with van der Waals surface area (Å²) >= 11 is 0. The molecule has 112 valence electrons. The Hall–Kier alpha value is -1.84. The van der Waals surface area contributed by atoms with Gasteiger partial charge in [-0.2, -0.15) is 0 Å². The molecule has 0 aromatic heterocycles. The molecule has 21 heavy (non-hydrogen) atoms. The van der Waals surface area contributed by atoms with Crippen LogP contribution in [0.4, 0.5) is 0 Å². The van der Waals surface area contributed by atoms with Crippen molar-refractivity contribution in [1.29, 1.82) is 0 Å². The van der Waals surface area contributed by atoms with Crippen molar-refractivity contribution in [2.45, 2.75) is 57.2 Å². The Morgan fingerprint density at radius 2 is 1.71 bits per heavy atom. The van der Waals surface area contributed by atoms with Crippen molar-refractivity contribution in [3.05, 3.63) is 35.9 Å². The smallest absolute Gasteiger partial charge is 0.250 e. The molecule has 2 aliphatic rings. The number of carbonyl (C=O) groups is 2. The van der Waals surface area contributed by atoms with E-state index in [2.05, 4.69) is 5.32 Å². The van der Waals surface area contributed by atoms with E-state index in [0.717, 1.165) is 31.2 Å². The van der Waals surface area contributed by atoms with Crippen LogP contribution in [0.15, 0.2) is 30.3 Å². The Bertz CT molecular complexity index is 547. The summed E-state index contributed by atoms with van der Waals surface area (Å²) in [7, 11) is 0. The summed E-state index contributed by atoms with van der Waals surface area (Å²) in [5.74, 6) is -0.0412. The van der Waals surface area contributed by atoms with Crippen molar-refractivity contribution in [3.63, 3.8) is 0 Å². The summed E-state index contributed by atoms with van der Waals surface area (Å²) in [5, 5.41) is 2.90. The fourth-order valence-electron chi connectivity index (χ4n) is 3.56. The van der Waals surface area contributed by atoms with Crippen LogP contribution in [-0.4, -0.2) is 28.3 Å². The Morgan fingerprint density at radius 3 is 2.33 bits per heavy atom. The first-order valence-electron chi connectivity index (χ1n) is 7.71. The van der Waals surface area contributed by atoms with Crippen molar-refractivity contribution >= 4 is 11.8 Å². The van der Waals surface area contributed by atoms with Crippen molar-refractivity contribution < 1.29 is 9.59 Å². The highest BCUT2D eigenvalue weighted by molar-refractivity contribution is 6.00. The van der Waals surface area contributed by atoms with Crippen LogP contribution < -0.4 is 5.32 Å². The van der Waals surface area contributed by atoms with Gasteiger partial charge in [0.15, 0.2) is 0 Å². The van der Waals surface area contributed by atoms with Gasteiger partial charge in [-0.05, 0) is 32.3 Å². The van der Waals surface area contributed by atoms with Crippen LogP contribution in [0.2, 0.25) is 0 Å². The maximum Gasteiger partial charge on any atom is 0.250 e. The summed E-state index contributed by atoms with van der Waals surface area (Å²) in [5.41, 5.74) is 0.0894. The molecule has 0 radical (unpaired) electrons. The lowest BCUT2D eigenvalue weighted by Gasteiger charge is -2.47. The number of benzene rings is 1. The molecule has 1 heterocycles. The maximum atomic E-state index is 13.0. The van der Waals surface area contributed by atoms with Gasteiger partial charge in [-0.3, -0.25) is 9.59 Å². The molecule has 1 saturated carbocycles. The van der Waals surface area contributed by atoms with Crippen LogP contribution in [0.25, 0.3) is 0 Å². The molecule has 0 spiro atoms. The standard InChI is InChI=1S/C17H22N2O2/c1-17(2)16(21)18-14(12-8-4-3-5-9-12)15(20)19(17)13-10-6-7-11-13/h3-5,8-9,13-14H,6-7,10-11H2,1-2H3,(H,18,21). The quantitative estimate of drug-likeness (QED) is 0.907. The Labute approximate surface area is 125 Å². The molecule has 1 atom stereocenters. The monoisotopic (exact) mass is 286 g/mol. The molecule has 1 saturated heterocycles. The van der Waals surface area contributed by atoms with E-state index >= 15 is 0 Å². The Morgan fingerprint density at radius 1 is 1.10 bits per heavy atom. The van der Waals surface area contributed by atoms with E-state index < -0.39 is 11.6 Å². The third-order valence-electron chi connectivity index (χ3n) is 4.74. The van der Waals surface area contributed by atoms with Crippen LogP contribution in [0, 0.1) is 0 Å². The second-order valence-electron chi connectivity index (χ2n) is 6.52. The highest BCUT2D eigenvalue weighted by Crippen LogP contribution is 2.35. The second-order valence-corrected chi connectivity index (χ2v) is 6.52. The number of hydrogen-bond acceptors (Lipinski definition) is 2. The lowest BCUT2D eigenvalue weighted by molar-refractivity contribution is -0.158. The molecule has 2 fully saturated rings. The third-order valence-corrected chi connectivity index (χ3v) is 4.74. The summed E-state index contributed by atoms with van der Waals surface area (Å²) in [6.45, 7) is 3.69. The van der Waals surface area contributed by atoms with E-state index in [9.17, 15) is 9.59 Å². The minimum absolute atomic E-state index is 0.0256. The highest BCUT2D eigenvalue weighted by Gasteiger charge is 2.49. The van der Waals surface area contributed by atoms with Crippen LogP contribution in [0.3, 0.4) is 0 Å². The van der Waals surface area contributed by atoms with Crippen LogP contribution in [-0.2, 0) is 9.59 Å². The van der Waals surface area contributed by atoms with Crippen molar-refractivity contribution in [2.75, 3.05) is 0 Å². The largest absolute Gasteiger partial charge is 0.338 e. The topological polar surface area (TPSA) is 49.4 Å². The molecule has 1 aromatic rings. The summed E-state index contributed by atoms with van der Waals surface area (Å²) in [4.78, 5) is 27.3. The molecule has 4 heteroatoms. The Kier molecular flexibility index (Phi) is 3.47. The zero-order valence-corrected chi connectivity index (χ0v) is 12.6. The number of nitrogens with zero attached hydrogens (tertiary/aromatic N) is 1. The molecule has 2 amide bonds. The number of amides is 2. The average molecular weight is 286 g/mol. The lowest BCUT2D eigenvalue weighted by Crippen LogP contribution is -2.67. The van der Waals surface area contributed by atoms with E-state index in [1.54, 1.807) is 0 Å². The lowest BCUT2D eigenvalue weighted by atomic mass is 9.90. The molecular weight excluding hydrogens is 264 g/mol. The predicted molar refractivity (Wildman–Crippen MR) is 80.5 cm³/mol. The van der Waals surface area contributed by atoms with Crippen molar-refractivity contribution in [3.8, 4) is 0 Å². The average Bonchev–Trinajstić information content (AvgIpc) is 2.97. The van der Waals surface area contributed by atoms with Gasteiger partial charge in [0.1, 0.15) is 11.6 Å². The molecule has 1 aliphatic carbocycles. The van der Waals surface area contributed by atoms with E-state index in [1.165, 1.54) is 0 Å². The molecule has 1 N–H and O–H groups in total. The maximum absolute atomic E-state index is 13.0. The zero-order valence-electron chi connectivity index (χ0n) is 12.6. The highest BCUT2D eigenvalue weighted by atomic mass is 16.2. The van der Waals surface area contributed by atoms with E-state index in [0.29, 0.717) is 0 Å². The minimum Gasteiger partial charge on any atom is -0.338 e. The summed E-state index contributed by atoms with van der Waals surface area (Å²) in [6.07, 6.45) is 4.29.